The molecule has 0 radical (unpaired) electrons. The molecule has 1 amide bonds. The van der Waals surface area contributed by atoms with Crippen molar-refractivity contribution < 1.29 is 4.79 Å². The molecule has 18 heavy (non-hydrogen) atoms. The van der Waals surface area contributed by atoms with E-state index < -0.39 is 0 Å². The van der Waals surface area contributed by atoms with E-state index in [9.17, 15) is 4.79 Å². The average Bonchev–Trinajstić information content (AvgIpc) is 2.82. The zero-order chi connectivity index (χ0) is 12.6. The molecule has 1 aromatic rings. The minimum absolute atomic E-state index is 0. The fraction of sp³-hybridized carbons (Fsp3) is 0.667. The van der Waals surface area contributed by atoms with Gasteiger partial charge in [0.25, 0.3) is 5.91 Å². The van der Waals surface area contributed by atoms with E-state index >= 15 is 0 Å². The molecule has 0 saturated carbocycles. The summed E-state index contributed by atoms with van der Waals surface area (Å²) in [7, 11) is 1.83. The van der Waals surface area contributed by atoms with E-state index in [1.807, 2.05) is 18.9 Å². The molecular formula is C12H21ClN4O. The fourth-order valence-electron chi connectivity index (χ4n) is 2.34. The number of halogens is 1. The highest BCUT2D eigenvalue weighted by atomic mass is 35.5. The lowest BCUT2D eigenvalue weighted by atomic mass is 9.90. The average molecular weight is 273 g/mol. The molecule has 1 aromatic heterocycles. The Balaban J connectivity index is 0.00000162. The summed E-state index contributed by atoms with van der Waals surface area (Å²) in [6.07, 6.45) is 2.77. The third-order valence-corrected chi connectivity index (χ3v) is 3.58. The molecule has 5 nitrogen and oxygen atoms in total. The predicted octanol–water partition coefficient (Wildman–Crippen LogP) is 0.961. The van der Waals surface area contributed by atoms with Gasteiger partial charge in [-0.2, -0.15) is 5.10 Å². The van der Waals surface area contributed by atoms with Crippen LogP contribution >= 0.6 is 12.4 Å². The molecule has 1 unspecified atom stereocenters. The number of nitrogens with zero attached hydrogens (tertiary/aromatic N) is 3. The number of aryl methyl sites for hydroxylation is 2. The second kappa shape index (κ2) is 5.28. The summed E-state index contributed by atoms with van der Waals surface area (Å²) in [6.45, 7) is 6.17. The van der Waals surface area contributed by atoms with Crippen LogP contribution in [-0.2, 0) is 7.05 Å². The zero-order valence-electron chi connectivity index (χ0n) is 11.1. The SMILES string of the molecule is Cc1nn(C)cc1C(=O)N1CCC(C)(CN)C1.Cl. The highest BCUT2D eigenvalue weighted by Crippen LogP contribution is 2.29. The van der Waals surface area contributed by atoms with Gasteiger partial charge in [0, 0.05) is 26.3 Å². The summed E-state index contributed by atoms with van der Waals surface area (Å²) in [5, 5.41) is 4.20. The summed E-state index contributed by atoms with van der Waals surface area (Å²) in [6, 6.07) is 0. The molecule has 0 bridgehead atoms. The molecule has 1 fully saturated rings. The van der Waals surface area contributed by atoms with Gasteiger partial charge in [-0.25, -0.2) is 0 Å². The highest BCUT2D eigenvalue weighted by molar-refractivity contribution is 5.95. The maximum absolute atomic E-state index is 12.3. The molecule has 2 heterocycles. The van der Waals surface area contributed by atoms with Crippen LogP contribution in [0.3, 0.4) is 0 Å². The highest BCUT2D eigenvalue weighted by Gasteiger charge is 2.35. The van der Waals surface area contributed by atoms with Crippen molar-refractivity contribution in [3.05, 3.63) is 17.5 Å². The molecule has 0 aromatic carbocycles. The largest absolute Gasteiger partial charge is 0.338 e. The van der Waals surface area contributed by atoms with Gasteiger partial charge in [-0.3, -0.25) is 9.48 Å². The Morgan fingerprint density at radius 3 is 2.72 bits per heavy atom. The first kappa shape index (κ1) is 15.0. The first-order valence-electron chi connectivity index (χ1n) is 5.95. The van der Waals surface area contributed by atoms with Crippen LogP contribution in [0, 0.1) is 12.3 Å². The van der Waals surface area contributed by atoms with Crippen LogP contribution < -0.4 is 5.73 Å². The van der Waals surface area contributed by atoms with Gasteiger partial charge in [-0.05, 0) is 25.3 Å². The van der Waals surface area contributed by atoms with Crippen LogP contribution in [0.2, 0.25) is 0 Å². The zero-order valence-corrected chi connectivity index (χ0v) is 12.0. The third-order valence-electron chi connectivity index (χ3n) is 3.58. The van der Waals surface area contributed by atoms with Gasteiger partial charge < -0.3 is 10.6 Å². The summed E-state index contributed by atoms with van der Waals surface area (Å²) in [4.78, 5) is 14.2. The number of aromatic nitrogens is 2. The van der Waals surface area contributed by atoms with Gasteiger partial charge >= 0.3 is 0 Å². The van der Waals surface area contributed by atoms with Gasteiger partial charge in [0.2, 0.25) is 0 Å². The number of amides is 1. The van der Waals surface area contributed by atoms with Crippen LogP contribution in [0.4, 0.5) is 0 Å². The maximum atomic E-state index is 12.3. The van der Waals surface area contributed by atoms with Crippen LogP contribution in [0.15, 0.2) is 6.20 Å². The minimum atomic E-state index is 0. The van der Waals surface area contributed by atoms with Gasteiger partial charge in [-0.1, -0.05) is 6.92 Å². The number of carbonyl (C=O) groups excluding carboxylic acids is 1. The van der Waals surface area contributed by atoms with Gasteiger partial charge in [-0.15, -0.1) is 12.4 Å². The van der Waals surface area contributed by atoms with Crippen molar-refractivity contribution in [2.24, 2.45) is 18.2 Å². The summed E-state index contributed by atoms with van der Waals surface area (Å²) in [5.41, 5.74) is 7.32. The lowest BCUT2D eigenvalue weighted by Crippen LogP contribution is -2.34. The molecular weight excluding hydrogens is 252 g/mol. The molecule has 1 aliphatic rings. The fourth-order valence-corrected chi connectivity index (χ4v) is 2.34. The minimum Gasteiger partial charge on any atom is -0.338 e. The van der Waals surface area contributed by atoms with E-state index in [1.54, 1.807) is 10.9 Å². The summed E-state index contributed by atoms with van der Waals surface area (Å²) in [5.74, 6) is 0.0766. The normalized spacial score (nSPS) is 23.0. The number of hydrogen-bond donors (Lipinski definition) is 1. The van der Waals surface area contributed by atoms with Gasteiger partial charge in [0.05, 0.1) is 11.3 Å². The molecule has 6 heteroatoms. The number of nitrogens with two attached hydrogens (primary N) is 1. The van der Waals surface area contributed by atoms with E-state index in [1.165, 1.54) is 0 Å². The molecule has 1 aliphatic heterocycles. The summed E-state index contributed by atoms with van der Waals surface area (Å²) >= 11 is 0. The quantitative estimate of drug-likeness (QED) is 0.872. The molecule has 102 valence electrons. The Bertz CT molecular complexity index is 445. The Morgan fingerprint density at radius 1 is 1.61 bits per heavy atom. The smallest absolute Gasteiger partial charge is 0.257 e. The van der Waals surface area contributed by atoms with E-state index in [0.29, 0.717) is 12.1 Å². The van der Waals surface area contributed by atoms with E-state index in [-0.39, 0.29) is 23.7 Å². The Labute approximate surface area is 114 Å². The maximum Gasteiger partial charge on any atom is 0.257 e. The first-order chi connectivity index (χ1) is 7.95. The first-order valence-corrected chi connectivity index (χ1v) is 5.95. The second-order valence-corrected chi connectivity index (χ2v) is 5.29. The standard InChI is InChI=1S/C12H20N4O.ClH/c1-9-10(6-15(3)14-9)11(17)16-5-4-12(2,7-13)8-16;/h6H,4-5,7-8,13H2,1-3H3;1H. The molecule has 1 saturated heterocycles. The van der Waals surface area contributed by atoms with Crippen LogP contribution in [0.25, 0.3) is 0 Å². The third kappa shape index (κ3) is 2.67. The lowest BCUT2D eigenvalue weighted by Gasteiger charge is -2.22. The topological polar surface area (TPSA) is 64.2 Å². The number of carbonyl (C=O) groups is 1. The van der Waals surface area contributed by atoms with Crippen molar-refractivity contribution in [1.82, 2.24) is 14.7 Å². The monoisotopic (exact) mass is 272 g/mol. The lowest BCUT2D eigenvalue weighted by molar-refractivity contribution is 0.0776. The van der Waals surface area contributed by atoms with Gasteiger partial charge in [0.15, 0.2) is 0 Å². The van der Waals surface area contributed by atoms with Crippen LogP contribution in [-0.4, -0.2) is 40.2 Å². The van der Waals surface area contributed by atoms with Crippen molar-refractivity contribution in [3.8, 4) is 0 Å². The van der Waals surface area contributed by atoms with E-state index in [2.05, 4.69) is 12.0 Å². The summed E-state index contributed by atoms with van der Waals surface area (Å²) < 4.78 is 1.68. The van der Waals surface area contributed by atoms with Crippen LogP contribution in [0.1, 0.15) is 29.4 Å². The predicted molar refractivity (Wildman–Crippen MR) is 72.9 cm³/mol. The van der Waals surface area contributed by atoms with Crippen molar-refractivity contribution >= 4 is 18.3 Å². The van der Waals surface area contributed by atoms with E-state index in [0.717, 1.165) is 25.2 Å². The molecule has 0 spiro atoms. The Hall–Kier alpha value is -1.07. The van der Waals surface area contributed by atoms with Crippen molar-refractivity contribution in [2.75, 3.05) is 19.6 Å². The molecule has 1 atom stereocenters. The van der Waals surface area contributed by atoms with Crippen molar-refractivity contribution in [1.29, 1.82) is 0 Å². The van der Waals surface area contributed by atoms with Crippen molar-refractivity contribution in [3.63, 3.8) is 0 Å². The number of hydrogen-bond acceptors (Lipinski definition) is 3. The second-order valence-electron chi connectivity index (χ2n) is 5.29. The van der Waals surface area contributed by atoms with Crippen molar-refractivity contribution in [2.45, 2.75) is 20.3 Å². The molecule has 2 rings (SSSR count). The van der Waals surface area contributed by atoms with Crippen LogP contribution in [0.5, 0.6) is 0 Å². The molecule has 2 N–H and O–H groups in total. The Kier molecular flexibility index (Phi) is 4.40. The van der Waals surface area contributed by atoms with Gasteiger partial charge in [0.1, 0.15) is 0 Å². The molecule has 0 aliphatic carbocycles. The van der Waals surface area contributed by atoms with E-state index in [4.69, 9.17) is 5.73 Å². The Morgan fingerprint density at radius 2 is 2.28 bits per heavy atom. The number of rotatable bonds is 2. The number of likely N-dealkylation sites (tertiary alicyclic amines) is 1.